The molecule has 1 fully saturated rings. The maximum atomic E-state index is 11.7. The van der Waals surface area contributed by atoms with Crippen LogP contribution in [0, 0.1) is 5.41 Å². The molecule has 0 spiro atoms. The molecule has 1 aliphatic heterocycles. The summed E-state index contributed by atoms with van der Waals surface area (Å²) >= 11 is 0. The molecule has 0 bridgehead atoms. The molecule has 0 unspecified atom stereocenters. The second-order valence-electron chi connectivity index (χ2n) is 3.89. The fourth-order valence-corrected chi connectivity index (χ4v) is 0.695. The Morgan fingerprint density at radius 3 is 1.75 bits per heavy atom. The van der Waals surface area contributed by atoms with Crippen LogP contribution in [-0.4, -0.2) is 38.4 Å². The molecule has 0 aliphatic carbocycles. The van der Waals surface area contributed by atoms with E-state index >= 15 is 0 Å². The normalized spacial score (nSPS) is 17.3. The molecule has 7 heteroatoms. The molecular weight excluding hydrogens is 227 g/mol. The van der Waals surface area contributed by atoms with Crippen molar-refractivity contribution in [2.24, 2.45) is 5.41 Å². The van der Waals surface area contributed by atoms with Crippen LogP contribution in [0.4, 0.5) is 13.2 Å². The Bertz CT molecular complexity index is 213. The summed E-state index contributed by atoms with van der Waals surface area (Å²) in [5.74, 6) is -2.11. The summed E-state index contributed by atoms with van der Waals surface area (Å²) in [4.78, 5) is 9.84. The number of ether oxygens (including phenoxy) is 1. The number of halogens is 3. The zero-order valence-electron chi connectivity index (χ0n) is 9.26. The Hall–Kier alpha value is -0.820. The highest BCUT2D eigenvalue weighted by atomic mass is 19.4. The average Bonchev–Trinajstić information content (AvgIpc) is 2.19. The predicted octanol–water partition coefficient (Wildman–Crippen LogP) is -1.10. The number of aliphatic carboxylic acids is 1. The predicted molar refractivity (Wildman–Crippen MR) is 47.3 cm³/mol. The SMILES string of the molecule is C1COCC[NH2+]1.CC(C)(C(=O)[O-])C(F)(F)F. The molecule has 0 atom stereocenters. The number of quaternary nitrogens is 1. The maximum absolute atomic E-state index is 11.7. The molecule has 4 nitrogen and oxygen atoms in total. The lowest BCUT2D eigenvalue weighted by molar-refractivity contribution is -0.670. The molecule has 0 aromatic rings. The van der Waals surface area contributed by atoms with Crippen LogP contribution in [0.3, 0.4) is 0 Å². The van der Waals surface area contributed by atoms with Crippen molar-refractivity contribution >= 4 is 5.97 Å². The van der Waals surface area contributed by atoms with Crippen LogP contribution in [0.5, 0.6) is 0 Å². The first-order chi connectivity index (χ1) is 7.19. The molecule has 0 aromatic heterocycles. The van der Waals surface area contributed by atoms with E-state index in [1.54, 1.807) is 0 Å². The number of nitrogens with two attached hydrogens (primary N) is 1. The fraction of sp³-hybridized carbons (Fsp3) is 0.889. The van der Waals surface area contributed by atoms with Gasteiger partial charge in [0.15, 0.2) is 0 Å². The van der Waals surface area contributed by atoms with Crippen LogP contribution >= 0.6 is 0 Å². The van der Waals surface area contributed by atoms with E-state index in [1.807, 2.05) is 0 Å². The summed E-state index contributed by atoms with van der Waals surface area (Å²) < 4.78 is 40.0. The van der Waals surface area contributed by atoms with Crippen molar-refractivity contribution in [3.05, 3.63) is 0 Å². The lowest BCUT2D eigenvalue weighted by Gasteiger charge is -2.28. The number of alkyl halides is 3. The van der Waals surface area contributed by atoms with Crippen LogP contribution in [0.25, 0.3) is 0 Å². The molecular formula is C9H16F3NO3. The summed E-state index contributed by atoms with van der Waals surface area (Å²) in [5.41, 5.74) is -2.76. The molecule has 1 saturated heterocycles. The van der Waals surface area contributed by atoms with Gasteiger partial charge in [-0.15, -0.1) is 0 Å². The van der Waals surface area contributed by atoms with Gasteiger partial charge in [0.2, 0.25) is 0 Å². The van der Waals surface area contributed by atoms with Gasteiger partial charge in [-0.25, -0.2) is 0 Å². The second kappa shape index (κ2) is 6.05. The number of hydrogen-bond donors (Lipinski definition) is 1. The van der Waals surface area contributed by atoms with Crippen molar-refractivity contribution in [3.8, 4) is 0 Å². The van der Waals surface area contributed by atoms with Crippen LogP contribution < -0.4 is 10.4 Å². The number of carboxylic acid groups (broad SMARTS) is 1. The number of carbonyl (C=O) groups is 1. The molecule has 16 heavy (non-hydrogen) atoms. The van der Waals surface area contributed by atoms with E-state index < -0.39 is 17.6 Å². The number of rotatable bonds is 1. The van der Waals surface area contributed by atoms with Crippen molar-refractivity contribution in [2.75, 3.05) is 26.3 Å². The zero-order valence-corrected chi connectivity index (χ0v) is 9.26. The number of carboxylic acids is 1. The first kappa shape index (κ1) is 15.2. The Morgan fingerprint density at radius 1 is 1.25 bits per heavy atom. The van der Waals surface area contributed by atoms with E-state index in [2.05, 4.69) is 5.32 Å². The van der Waals surface area contributed by atoms with Crippen LogP contribution in [0.1, 0.15) is 13.8 Å². The van der Waals surface area contributed by atoms with Crippen LogP contribution in [0.15, 0.2) is 0 Å². The summed E-state index contributed by atoms with van der Waals surface area (Å²) in [6.45, 7) is 5.31. The molecule has 1 heterocycles. The van der Waals surface area contributed by atoms with Crippen molar-refractivity contribution in [1.82, 2.24) is 0 Å². The van der Waals surface area contributed by atoms with Crippen molar-refractivity contribution in [1.29, 1.82) is 0 Å². The minimum absolute atomic E-state index is 0.558. The average molecular weight is 243 g/mol. The third-order valence-electron chi connectivity index (χ3n) is 2.15. The molecule has 0 amide bonds. The minimum Gasteiger partial charge on any atom is -0.549 e. The van der Waals surface area contributed by atoms with Crippen LogP contribution in [-0.2, 0) is 9.53 Å². The van der Waals surface area contributed by atoms with Gasteiger partial charge in [-0.2, -0.15) is 13.2 Å². The quantitative estimate of drug-likeness (QED) is 0.636. The molecule has 0 aromatic carbocycles. The van der Waals surface area contributed by atoms with Gasteiger partial charge in [-0.3, -0.25) is 0 Å². The summed E-state index contributed by atoms with van der Waals surface area (Å²) in [6.07, 6.45) is -4.74. The Kier molecular flexibility index (Phi) is 5.74. The van der Waals surface area contributed by atoms with Gasteiger partial charge in [0, 0.05) is 0 Å². The standard InChI is InChI=1S/C5H7F3O2.C4H9NO/c1-4(2,3(9)10)5(6,7)8;1-3-6-4-2-5-1/h1-2H3,(H,9,10);5H,1-4H2. The molecule has 1 aliphatic rings. The molecule has 2 N–H and O–H groups in total. The number of morpholine rings is 1. The van der Waals surface area contributed by atoms with E-state index in [0.717, 1.165) is 26.3 Å². The van der Waals surface area contributed by atoms with Crippen molar-refractivity contribution in [2.45, 2.75) is 20.0 Å². The Labute approximate surface area is 91.8 Å². The van der Waals surface area contributed by atoms with E-state index in [-0.39, 0.29) is 0 Å². The fourth-order valence-electron chi connectivity index (χ4n) is 0.695. The van der Waals surface area contributed by atoms with Crippen molar-refractivity contribution in [3.63, 3.8) is 0 Å². The second-order valence-corrected chi connectivity index (χ2v) is 3.89. The van der Waals surface area contributed by atoms with E-state index in [1.165, 1.54) is 0 Å². The maximum Gasteiger partial charge on any atom is 0.399 e. The first-order valence-corrected chi connectivity index (χ1v) is 4.87. The lowest BCUT2D eigenvalue weighted by Crippen LogP contribution is -2.87. The largest absolute Gasteiger partial charge is 0.549 e. The van der Waals surface area contributed by atoms with E-state index in [4.69, 9.17) is 4.74 Å². The van der Waals surface area contributed by atoms with E-state index in [9.17, 15) is 23.1 Å². The lowest BCUT2D eigenvalue weighted by atomic mass is 9.93. The van der Waals surface area contributed by atoms with E-state index in [0.29, 0.717) is 13.8 Å². The summed E-state index contributed by atoms with van der Waals surface area (Å²) in [6, 6.07) is 0. The molecule has 0 saturated carbocycles. The highest BCUT2D eigenvalue weighted by Gasteiger charge is 2.48. The number of carbonyl (C=O) groups excluding carboxylic acids is 1. The highest BCUT2D eigenvalue weighted by molar-refractivity contribution is 5.72. The van der Waals surface area contributed by atoms with Gasteiger partial charge in [0.05, 0.1) is 37.7 Å². The molecule has 1 rings (SSSR count). The van der Waals surface area contributed by atoms with Gasteiger partial charge in [0.1, 0.15) is 0 Å². The third-order valence-corrected chi connectivity index (χ3v) is 2.15. The van der Waals surface area contributed by atoms with Crippen molar-refractivity contribution < 1.29 is 33.1 Å². The highest BCUT2D eigenvalue weighted by Crippen LogP contribution is 2.36. The number of hydrogen-bond acceptors (Lipinski definition) is 3. The zero-order chi connectivity index (χ0) is 12.8. The Balaban J connectivity index is 0.000000315. The molecule has 96 valence electrons. The van der Waals surface area contributed by atoms with Gasteiger partial charge >= 0.3 is 6.18 Å². The smallest absolute Gasteiger partial charge is 0.399 e. The van der Waals surface area contributed by atoms with Gasteiger partial charge in [0.25, 0.3) is 0 Å². The minimum atomic E-state index is -4.74. The summed E-state index contributed by atoms with van der Waals surface area (Å²) in [5, 5.41) is 12.1. The topological polar surface area (TPSA) is 66.0 Å². The molecule has 0 radical (unpaired) electrons. The monoisotopic (exact) mass is 243 g/mol. The van der Waals surface area contributed by atoms with Gasteiger partial charge < -0.3 is 20.0 Å². The summed E-state index contributed by atoms with van der Waals surface area (Å²) in [7, 11) is 0. The van der Waals surface area contributed by atoms with Crippen LogP contribution in [0.2, 0.25) is 0 Å². The van der Waals surface area contributed by atoms with Gasteiger partial charge in [-0.1, -0.05) is 0 Å². The third kappa shape index (κ3) is 4.80. The van der Waals surface area contributed by atoms with Gasteiger partial charge in [-0.05, 0) is 13.8 Å². The Morgan fingerprint density at radius 2 is 1.69 bits per heavy atom. The first-order valence-electron chi connectivity index (χ1n) is 4.87.